The van der Waals surface area contributed by atoms with Gasteiger partial charge in [0.15, 0.2) is 12.4 Å². The van der Waals surface area contributed by atoms with Gasteiger partial charge < -0.3 is 10.1 Å². The fraction of sp³-hybridized carbons (Fsp3) is 0.240. The number of hydrogen-bond donors (Lipinski definition) is 1. The summed E-state index contributed by atoms with van der Waals surface area (Å²) in [5.74, 6) is 0.0600. The van der Waals surface area contributed by atoms with Gasteiger partial charge in [0, 0.05) is 6.20 Å². The Hall–Kier alpha value is -3.79. The summed E-state index contributed by atoms with van der Waals surface area (Å²) in [4.78, 5) is 12.8. The smallest absolute Gasteiger partial charge is 0.416 e. The van der Waals surface area contributed by atoms with Crippen LogP contribution in [0.15, 0.2) is 54.7 Å². The summed E-state index contributed by atoms with van der Waals surface area (Å²) in [6.45, 7) is 5.55. The van der Waals surface area contributed by atoms with E-state index in [1.54, 1.807) is 42.9 Å². The van der Waals surface area contributed by atoms with E-state index in [1.165, 1.54) is 10.7 Å². The minimum Gasteiger partial charge on any atom is -0.470 e. The van der Waals surface area contributed by atoms with Crippen molar-refractivity contribution in [1.82, 2.24) is 19.6 Å². The molecule has 1 N–H and O–H groups in total. The Kier molecular flexibility index (Phi) is 7.07. The van der Waals surface area contributed by atoms with E-state index >= 15 is 0 Å². The average Bonchev–Trinajstić information content (AvgIpc) is 3.40. The topological polar surface area (TPSA) is 74.0 Å². The van der Waals surface area contributed by atoms with Crippen molar-refractivity contribution in [1.29, 1.82) is 0 Å². The number of nitrogens with one attached hydrogen (secondary N) is 1. The van der Waals surface area contributed by atoms with Gasteiger partial charge in [-0.15, -0.1) is 0 Å². The lowest BCUT2D eigenvalue weighted by Gasteiger charge is -2.10. The Morgan fingerprint density at radius 1 is 1.08 bits per heavy atom. The highest BCUT2D eigenvalue weighted by molar-refractivity contribution is 6.32. The van der Waals surface area contributed by atoms with Crippen LogP contribution in [0, 0.1) is 20.8 Å². The third-order valence-corrected chi connectivity index (χ3v) is 5.83. The first kappa shape index (κ1) is 25.3. The number of carbonyl (C=O) groups is 1. The van der Waals surface area contributed by atoms with Gasteiger partial charge in [-0.25, -0.2) is 4.68 Å². The zero-order valence-electron chi connectivity index (χ0n) is 19.7. The molecule has 0 radical (unpaired) electrons. The number of alkyl halides is 3. The Bertz CT molecular complexity index is 1410. The van der Waals surface area contributed by atoms with E-state index in [4.69, 9.17) is 16.3 Å². The maximum Gasteiger partial charge on any atom is 0.416 e. The molecule has 4 rings (SSSR count). The van der Waals surface area contributed by atoms with Crippen molar-refractivity contribution in [3.8, 4) is 5.75 Å². The summed E-state index contributed by atoms with van der Waals surface area (Å²) < 4.78 is 47.8. The predicted molar refractivity (Wildman–Crippen MR) is 129 cm³/mol. The Morgan fingerprint density at radius 2 is 1.86 bits per heavy atom. The number of ether oxygens (including phenoxy) is 1. The van der Waals surface area contributed by atoms with Crippen molar-refractivity contribution in [3.05, 3.63) is 93.5 Å². The number of carbonyl (C=O) groups excluding carboxylic acids is 1. The molecule has 0 aliphatic heterocycles. The molecular formula is C25H23ClF3N5O2. The number of rotatable bonds is 7. The number of amides is 1. The first-order valence-electron chi connectivity index (χ1n) is 10.9. The molecule has 0 unspecified atom stereocenters. The van der Waals surface area contributed by atoms with Crippen molar-refractivity contribution in [3.63, 3.8) is 0 Å². The first-order valence-corrected chi connectivity index (χ1v) is 11.3. The maximum absolute atomic E-state index is 13.0. The summed E-state index contributed by atoms with van der Waals surface area (Å²) in [7, 11) is 0. The number of nitrogens with zero attached hydrogens (tertiary/aromatic N) is 4. The lowest BCUT2D eigenvalue weighted by atomic mass is 10.1. The van der Waals surface area contributed by atoms with Gasteiger partial charge in [0.1, 0.15) is 5.75 Å². The van der Waals surface area contributed by atoms with E-state index in [9.17, 15) is 18.0 Å². The van der Waals surface area contributed by atoms with Crippen LogP contribution in [-0.2, 0) is 19.5 Å². The van der Waals surface area contributed by atoms with Crippen LogP contribution in [-0.4, -0.2) is 25.5 Å². The minimum absolute atomic E-state index is 0.0590. The Labute approximate surface area is 210 Å². The summed E-state index contributed by atoms with van der Waals surface area (Å²) in [5.41, 5.74) is 2.50. The molecule has 4 aromatic rings. The van der Waals surface area contributed by atoms with E-state index in [2.05, 4.69) is 15.5 Å². The quantitative estimate of drug-likeness (QED) is 0.325. The molecule has 2 heterocycles. The van der Waals surface area contributed by atoms with Crippen LogP contribution < -0.4 is 10.1 Å². The van der Waals surface area contributed by atoms with Crippen LogP contribution in [0.1, 0.15) is 38.6 Å². The highest BCUT2D eigenvalue weighted by Crippen LogP contribution is 2.30. The largest absolute Gasteiger partial charge is 0.470 e. The molecule has 0 bridgehead atoms. The van der Waals surface area contributed by atoms with Gasteiger partial charge in [-0.1, -0.05) is 29.8 Å². The van der Waals surface area contributed by atoms with Gasteiger partial charge in [0.05, 0.1) is 34.2 Å². The molecule has 2 aromatic carbocycles. The van der Waals surface area contributed by atoms with Crippen molar-refractivity contribution >= 4 is 23.2 Å². The van der Waals surface area contributed by atoms with Crippen LogP contribution in [0.2, 0.25) is 5.02 Å². The normalized spacial score (nSPS) is 11.5. The molecule has 0 aliphatic carbocycles. The van der Waals surface area contributed by atoms with Crippen molar-refractivity contribution in [2.45, 2.75) is 40.2 Å². The number of benzene rings is 2. The van der Waals surface area contributed by atoms with Crippen LogP contribution in [0.4, 0.5) is 18.9 Å². The van der Waals surface area contributed by atoms with E-state index in [1.807, 2.05) is 19.1 Å². The molecule has 188 valence electrons. The fourth-order valence-corrected chi connectivity index (χ4v) is 3.81. The minimum atomic E-state index is -4.43. The zero-order valence-corrected chi connectivity index (χ0v) is 20.5. The molecule has 0 aliphatic rings. The van der Waals surface area contributed by atoms with E-state index in [0.29, 0.717) is 33.4 Å². The molecule has 11 heteroatoms. The van der Waals surface area contributed by atoms with E-state index in [0.717, 1.165) is 17.7 Å². The van der Waals surface area contributed by atoms with Gasteiger partial charge in [-0.2, -0.15) is 23.4 Å². The standard InChI is InChI=1S/C25H23ClF3N5O2/c1-15-7-8-20(26)22(11-15)36-14-33-10-9-21(32-33)24(35)30-23-16(2)31-34(17(23)3)13-18-5-4-6-19(12-18)25(27,28)29/h4-12H,13-14H2,1-3H3,(H,30,35). The molecule has 0 spiro atoms. The third-order valence-electron chi connectivity index (χ3n) is 5.52. The van der Waals surface area contributed by atoms with Crippen LogP contribution >= 0.6 is 11.6 Å². The van der Waals surface area contributed by atoms with Crippen LogP contribution in [0.25, 0.3) is 0 Å². The van der Waals surface area contributed by atoms with Crippen molar-refractivity contribution in [2.24, 2.45) is 0 Å². The van der Waals surface area contributed by atoms with Gasteiger partial charge in [0.25, 0.3) is 5.91 Å². The Balaban J connectivity index is 1.44. The lowest BCUT2D eigenvalue weighted by molar-refractivity contribution is -0.137. The second-order valence-electron chi connectivity index (χ2n) is 8.30. The van der Waals surface area contributed by atoms with Crippen LogP contribution in [0.5, 0.6) is 5.75 Å². The first-order chi connectivity index (χ1) is 17.0. The lowest BCUT2D eigenvalue weighted by Crippen LogP contribution is -2.15. The summed E-state index contributed by atoms with van der Waals surface area (Å²) in [6, 6.07) is 12.0. The molecule has 36 heavy (non-hydrogen) atoms. The number of anilines is 1. The number of aryl methyl sites for hydroxylation is 2. The zero-order chi connectivity index (χ0) is 26.0. The summed E-state index contributed by atoms with van der Waals surface area (Å²) in [5, 5.41) is 11.9. The van der Waals surface area contributed by atoms with Crippen LogP contribution in [0.3, 0.4) is 0 Å². The highest BCUT2D eigenvalue weighted by atomic mass is 35.5. The number of halogens is 4. The van der Waals surface area contributed by atoms with Gasteiger partial charge >= 0.3 is 6.18 Å². The highest BCUT2D eigenvalue weighted by Gasteiger charge is 2.30. The molecule has 7 nitrogen and oxygen atoms in total. The van der Waals surface area contributed by atoms with E-state index < -0.39 is 17.6 Å². The molecule has 0 fully saturated rings. The van der Waals surface area contributed by atoms with Crippen molar-refractivity contribution < 1.29 is 22.7 Å². The van der Waals surface area contributed by atoms with Gasteiger partial charge in [0.2, 0.25) is 0 Å². The second-order valence-corrected chi connectivity index (χ2v) is 8.71. The predicted octanol–water partition coefficient (Wildman–Crippen LogP) is 6.01. The van der Waals surface area contributed by atoms with Gasteiger partial charge in [-0.3, -0.25) is 9.48 Å². The molecule has 1 amide bonds. The fourth-order valence-electron chi connectivity index (χ4n) is 3.64. The monoisotopic (exact) mass is 517 g/mol. The Morgan fingerprint density at radius 3 is 2.61 bits per heavy atom. The molecule has 0 saturated carbocycles. The molecule has 0 saturated heterocycles. The molecule has 2 aromatic heterocycles. The SMILES string of the molecule is Cc1ccc(Cl)c(OCn2ccc(C(=O)Nc3c(C)nn(Cc4cccc(C(F)(F)F)c4)c3C)n2)c1. The second kappa shape index (κ2) is 10.1. The van der Waals surface area contributed by atoms with Crippen molar-refractivity contribution in [2.75, 3.05) is 5.32 Å². The third kappa shape index (κ3) is 5.71. The van der Waals surface area contributed by atoms with Gasteiger partial charge in [-0.05, 0) is 62.2 Å². The molecular weight excluding hydrogens is 495 g/mol. The average molecular weight is 518 g/mol. The summed E-state index contributed by atoms with van der Waals surface area (Å²) in [6.07, 6.45) is -2.82. The van der Waals surface area contributed by atoms with E-state index in [-0.39, 0.29) is 19.0 Å². The number of hydrogen-bond acceptors (Lipinski definition) is 4. The number of aromatic nitrogens is 4. The maximum atomic E-state index is 13.0. The molecule has 0 atom stereocenters. The summed E-state index contributed by atoms with van der Waals surface area (Å²) >= 11 is 6.14.